The zero-order valence-corrected chi connectivity index (χ0v) is 24.3. The van der Waals surface area contributed by atoms with Crippen LogP contribution in [0.5, 0.6) is 0 Å². The van der Waals surface area contributed by atoms with E-state index in [4.69, 9.17) is 5.73 Å². The standard InChI is InChI=1S/C33H39N9/c1-2-29(41-20-18-40(19-21-41)27-11-4-5-12-27)24-14-16-26(17-15-24)35-33-36-32(34)42(39-33)30-22-25-10-7-9-23-8-3-6-13-28(23)31(25)38-37-30/h2-3,6,8,13-17,22,27H,4-5,7,9-12,18-21H2,1H3,(H3,34,35,36,39)/b29-2+. The van der Waals surface area contributed by atoms with Gasteiger partial charge in [-0.25, -0.2) is 0 Å². The number of nitrogens with two attached hydrogens (primary N) is 1. The summed E-state index contributed by atoms with van der Waals surface area (Å²) in [6.07, 6.45) is 10.8. The van der Waals surface area contributed by atoms with Crippen molar-refractivity contribution >= 4 is 23.3 Å². The maximum atomic E-state index is 6.29. The number of hydrogen-bond acceptors (Lipinski definition) is 8. The molecule has 9 nitrogen and oxygen atoms in total. The summed E-state index contributed by atoms with van der Waals surface area (Å²) in [6, 6.07) is 19.8. The lowest BCUT2D eigenvalue weighted by Gasteiger charge is -2.40. The third-order valence-electron chi connectivity index (χ3n) is 9.08. The van der Waals surface area contributed by atoms with E-state index in [0.29, 0.717) is 11.8 Å². The van der Waals surface area contributed by atoms with Gasteiger partial charge in [-0.2, -0.15) is 9.67 Å². The van der Waals surface area contributed by atoms with Crippen molar-refractivity contribution in [1.29, 1.82) is 0 Å². The predicted molar refractivity (Wildman–Crippen MR) is 168 cm³/mol. The zero-order chi connectivity index (χ0) is 28.5. The van der Waals surface area contributed by atoms with Gasteiger partial charge in [0.1, 0.15) is 0 Å². The van der Waals surface area contributed by atoms with E-state index in [9.17, 15) is 0 Å². The molecule has 0 spiro atoms. The second kappa shape index (κ2) is 11.6. The van der Waals surface area contributed by atoms with E-state index in [1.54, 1.807) is 4.68 Å². The van der Waals surface area contributed by atoms with Crippen LogP contribution in [0.25, 0.3) is 22.8 Å². The Morgan fingerprint density at radius 2 is 1.67 bits per heavy atom. The number of allylic oxidation sites excluding steroid dienone is 1. The Balaban J connectivity index is 1.03. The van der Waals surface area contributed by atoms with Crippen LogP contribution in [-0.4, -0.2) is 67.0 Å². The van der Waals surface area contributed by atoms with Crippen molar-refractivity contribution in [2.45, 2.75) is 57.9 Å². The molecule has 0 atom stereocenters. The molecule has 1 aliphatic heterocycles. The maximum Gasteiger partial charge on any atom is 0.248 e. The normalized spacial score (nSPS) is 18.0. The molecule has 42 heavy (non-hydrogen) atoms. The first-order valence-corrected chi connectivity index (χ1v) is 15.4. The third-order valence-corrected chi connectivity index (χ3v) is 9.08. The zero-order valence-electron chi connectivity index (χ0n) is 24.3. The lowest BCUT2D eigenvalue weighted by molar-refractivity contribution is 0.129. The van der Waals surface area contributed by atoms with E-state index in [-0.39, 0.29) is 5.95 Å². The van der Waals surface area contributed by atoms with Crippen molar-refractivity contribution in [3.8, 4) is 17.1 Å². The second-order valence-corrected chi connectivity index (χ2v) is 11.6. The first-order chi connectivity index (χ1) is 20.7. The molecule has 0 radical (unpaired) electrons. The predicted octanol–water partition coefficient (Wildman–Crippen LogP) is 5.46. The van der Waals surface area contributed by atoms with Gasteiger partial charge >= 0.3 is 0 Å². The molecule has 2 aliphatic carbocycles. The Morgan fingerprint density at radius 3 is 2.45 bits per heavy atom. The van der Waals surface area contributed by atoms with Crippen LogP contribution in [0.3, 0.4) is 0 Å². The summed E-state index contributed by atoms with van der Waals surface area (Å²) in [5.41, 5.74) is 14.3. The van der Waals surface area contributed by atoms with Gasteiger partial charge in [-0.1, -0.05) is 55.3 Å². The van der Waals surface area contributed by atoms with Crippen LogP contribution in [-0.2, 0) is 12.8 Å². The minimum absolute atomic E-state index is 0.269. The van der Waals surface area contributed by atoms with Crippen LogP contribution < -0.4 is 11.1 Å². The van der Waals surface area contributed by atoms with Crippen LogP contribution in [0.1, 0.15) is 55.7 Å². The molecule has 2 fully saturated rings. The summed E-state index contributed by atoms with van der Waals surface area (Å²) in [4.78, 5) is 9.69. The number of aromatic nitrogens is 5. The average Bonchev–Trinajstić information content (AvgIpc) is 3.65. The molecule has 7 rings (SSSR count). The number of benzene rings is 2. The molecular formula is C33H39N9. The van der Waals surface area contributed by atoms with Gasteiger partial charge < -0.3 is 16.0 Å². The third kappa shape index (κ3) is 5.25. The highest BCUT2D eigenvalue weighted by Gasteiger charge is 2.27. The summed E-state index contributed by atoms with van der Waals surface area (Å²) in [5, 5.41) is 17.0. The average molecular weight is 562 g/mol. The Hall–Kier alpha value is -4.24. The number of fused-ring (bicyclic) bond motifs is 3. The van der Waals surface area contributed by atoms with E-state index in [0.717, 1.165) is 74.0 Å². The van der Waals surface area contributed by atoms with Gasteiger partial charge in [0.05, 0.1) is 5.69 Å². The molecule has 0 bridgehead atoms. The molecule has 3 N–H and O–H groups in total. The molecule has 0 unspecified atom stereocenters. The minimum Gasteiger partial charge on any atom is -0.369 e. The Labute approximate surface area is 247 Å². The van der Waals surface area contributed by atoms with Crippen LogP contribution in [0, 0.1) is 0 Å². The van der Waals surface area contributed by atoms with Crippen LogP contribution in [0.4, 0.5) is 17.6 Å². The first kappa shape index (κ1) is 26.6. The first-order valence-electron chi connectivity index (χ1n) is 15.4. The summed E-state index contributed by atoms with van der Waals surface area (Å²) >= 11 is 0. The van der Waals surface area contributed by atoms with Gasteiger partial charge in [0.2, 0.25) is 11.9 Å². The Kier molecular flexibility index (Phi) is 7.34. The van der Waals surface area contributed by atoms with E-state index < -0.39 is 0 Å². The number of nitrogens with one attached hydrogen (secondary N) is 1. The topological polar surface area (TPSA) is 101 Å². The molecule has 0 amide bonds. The fraction of sp³-hybridized carbons (Fsp3) is 0.394. The second-order valence-electron chi connectivity index (χ2n) is 11.6. The van der Waals surface area contributed by atoms with E-state index in [1.165, 1.54) is 42.5 Å². The smallest absolute Gasteiger partial charge is 0.248 e. The molecule has 3 heterocycles. The summed E-state index contributed by atoms with van der Waals surface area (Å²) in [6.45, 7) is 6.59. The quantitative estimate of drug-likeness (QED) is 0.320. The minimum atomic E-state index is 0.269. The monoisotopic (exact) mass is 561 g/mol. The molecule has 2 aromatic heterocycles. The Bertz CT molecular complexity index is 1580. The van der Waals surface area contributed by atoms with Crippen molar-refractivity contribution in [2.75, 3.05) is 37.2 Å². The molecule has 1 saturated carbocycles. The maximum absolute atomic E-state index is 6.29. The van der Waals surface area contributed by atoms with E-state index in [1.807, 2.05) is 6.07 Å². The molecule has 2 aromatic carbocycles. The summed E-state index contributed by atoms with van der Waals surface area (Å²) in [5.74, 6) is 1.27. The highest BCUT2D eigenvalue weighted by atomic mass is 15.4. The number of nitrogen functional groups attached to an aromatic ring is 1. The number of anilines is 3. The van der Waals surface area contributed by atoms with Gasteiger partial charge in [0.15, 0.2) is 5.82 Å². The lowest BCUT2D eigenvalue weighted by atomic mass is 10.0. The highest BCUT2D eigenvalue weighted by Crippen LogP contribution is 2.32. The summed E-state index contributed by atoms with van der Waals surface area (Å²) < 4.78 is 1.56. The van der Waals surface area contributed by atoms with Gasteiger partial charge in [0, 0.05) is 49.2 Å². The Morgan fingerprint density at radius 1 is 0.905 bits per heavy atom. The van der Waals surface area contributed by atoms with Crippen molar-refractivity contribution in [2.24, 2.45) is 0 Å². The van der Waals surface area contributed by atoms with E-state index >= 15 is 0 Å². The summed E-state index contributed by atoms with van der Waals surface area (Å²) in [7, 11) is 0. The largest absolute Gasteiger partial charge is 0.369 e. The molecule has 9 heteroatoms. The number of piperazine rings is 1. The van der Waals surface area contributed by atoms with Crippen molar-refractivity contribution in [3.05, 3.63) is 77.4 Å². The van der Waals surface area contributed by atoms with Gasteiger partial charge in [-0.05, 0) is 73.9 Å². The van der Waals surface area contributed by atoms with Crippen LogP contribution >= 0.6 is 0 Å². The SMILES string of the molecule is C/C=C(\c1ccc(Nc2nc(N)n(-c3cc4c(nn3)-c3ccccc3CCC4)n2)cc1)N1CCN(C2CCCC2)CC1. The number of hydrogen-bond donors (Lipinski definition) is 2. The van der Waals surface area contributed by atoms with Crippen LogP contribution in [0.15, 0.2) is 60.7 Å². The molecule has 4 aromatic rings. The molecule has 216 valence electrons. The van der Waals surface area contributed by atoms with Crippen molar-refractivity contribution < 1.29 is 0 Å². The van der Waals surface area contributed by atoms with Gasteiger partial charge in [0.25, 0.3) is 0 Å². The fourth-order valence-electron chi connectivity index (χ4n) is 6.91. The van der Waals surface area contributed by atoms with Gasteiger partial charge in [-0.15, -0.1) is 15.3 Å². The number of nitrogens with zero attached hydrogens (tertiary/aromatic N) is 7. The van der Waals surface area contributed by atoms with Crippen LogP contribution in [0.2, 0.25) is 0 Å². The number of aryl methyl sites for hydroxylation is 2. The highest BCUT2D eigenvalue weighted by molar-refractivity contribution is 5.69. The van der Waals surface area contributed by atoms with E-state index in [2.05, 4.69) is 96.9 Å². The molecule has 1 saturated heterocycles. The fourth-order valence-corrected chi connectivity index (χ4v) is 6.91. The lowest BCUT2D eigenvalue weighted by Crippen LogP contribution is -2.48. The molecule has 3 aliphatic rings. The molecular weight excluding hydrogens is 522 g/mol. The van der Waals surface area contributed by atoms with Gasteiger partial charge in [-0.3, -0.25) is 4.90 Å². The van der Waals surface area contributed by atoms with Crippen molar-refractivity contribution in [1.82, 2.24) is 34.8 Å². The van der Waals surface area contributed by atoms with Crippen molar-refractivity contribution in [3.63, 3.8) is 0 Å². The number of rotatable bonds is 6.